The van der Waals surface area contributed by atoms with Gasteiger partial charge in [-0.05, 0) is 37.8 Å². The van der Waals surface area contributed by atoms with Gasteiger partial charge in [0.05, 0.1) is 5.56 Å². The maximum atomic E-state index is 12.2. The SMILES string of the molecule is CCC1CCCCN1C(=O)COC(=O)c1ccc(C=O)cc1. The molecule has 1 aliphatic heterocycles. The van der Waals surface area contributed by atoms with Gasteiger partial charge in [0.1, 0.15) is 6.29 Å². The summed E-state index contributed by atoms with van der Waals surface area (Å²) >= 11 is 0. The average molecular weight is 303 g/mol. The Hall–Kier alpha value is -2.17. The van der Waals surface area contributed by atoms with Crippen LogP contribution in [0.4, 0.5) is 0 Å². The summed E-state index contributed by atoms with van der Waals surface area (Å²) in [5.74, 6) is -0.680. The van der Waals surface area contributed by atoms with E-state index in [-0.39, 0.29) is 18.6 Å². The first-order valence-corrected chi connectivity index (χ1v) is 7.67. The number of carbonyl (C=O) groups is 3. The summed E-state index contributed by atoms with van der Waals surface area (Å²) < 4.78 is 5.09. The predicted octanol–water partition coefficient (Wildman–Crippen LogP) is 2.45. The number of carbonyl (C=O) groups excluding carboxylic acids is 3. The highest BCUT2D eigenvalue weighted by atomic mass is 16.5. The van der Waals surface area contributed by atoms with Gasteiger partial charge in [-0.15, -0.1) is 0 Å². The monoisotopic (exact) mass is 303 g/mol. The van der Waals surface area contributed by atoms with E-state index in [4.69, 9.17) is 4.74 Å². The lowest BCUT2D eigenvalue weighted by molar-refractivity contribution is -0.138. The molecule has 0 aromatic heterocycles. The number of esters is 1. The fourth-order valence-electron chi connectivity index (χ4n) is 2.74. The molecule has 0 radical (unpaired) electrons. The van der Waals surface area contributed by atoms with Gasteiger partial charge in [-0.2, -0.15) is 0 Å². The summed E-state index contributed by atoms with van der Waals surface area (Å²) in [5, 5.41) is 0. The molecule has 1 atom stereocenters. The molecule has 2 rings (SSSR count). The minimum atomic E-state index is -0.546. The van der Waals surface area contributed by atoms with Gasteiger partial charge in [-0.1, -0.05) is 19.1 Å². The number of piperidine rings is 1. The smallest absolute Gasteiger partial charge is 0.338 e. The van der Waals surface area contributed by atoms with Gasteiger partial charge < -0.3 is 9.64 Å². The standard InChI is InChI=1S/C17H21NO4/c1-2-15-5-3-4-10-18(15)16(20)12-22-17(21)14-8-6-13(11-19)7-9-14/h6-9,11,15H,2-5,10,12H2,1H3. The normalized spacial score (nSPS) is 17.9. The number of benzene rings is 1. The van der Waals surface area contributed by atoms with Crippen LogP contribution in [-0.2, 0) is 9.53 Å². The van der Waals surface area contributed by atoms with Gasteiger partial charge in [0, 0.05) is 18.2 Å². The van der Waals surface area contributed by atoms with Crippen LogP contribution in [0.15, 0.2) is 24.3 Å². The van der Waals surface area contributed by atoms with Gasteiger partial charge >= 0.3 is 5.97 Å². The Labute approximate surface area is 130 Å². The second-order valence-electron chi connectivity index (χ2n) is 5.46. The van der Waals surface area contributed by atoms with Crippen molar-refractivity contribution in [1.29, 1.82) is 0 Å². The van der Waals surface area contributed by atoms with E-state index in [0.717, 1.165) is 32.2 Å². The van der Waals surface area contributed by atoms with Crippen LogP contribution in [0.3, 0.4) is 0 Å². The molecule has 1 saturated heterocycles. The van der Waals surface area contributed by atoms with Crippen molar-refractivity contribution in [3.05, 3.63) is 35.4 Å². The molecule has 5 nitrogen and oxygen atoms in total. The number of ether oxygens (including phenoxy) is 1. The van der Waals surface area contributed by atoms with Crippen molar-refractivity contribution in [2.24, 2.45) is 0 Å². The molecule has 1 unspecified atom stereocenters. The molecule has 1 fully saturated rings. The lowest BCUT2D eigenvalue weighted by Gasteiger charge is -2.35. The van der Waals surface area contributed by atoms with Crippen LogP contribution < -0.4 is 0 Å². The van der Waals surface area contributed by atoms with Crippen molar-refractivity contribution < 1.29 is 19.1 Å². The maximum absolute atomic E-state index is 12.2. The summed E-state index contributed by atoms with van der Waals surface area (Å²) in [6.45, 7) is 2.57. The van der Waals surface area contributed by atoms with Gasteiger partial charge in [0.25, 0.3) is 5.91 Å². The zero-order valence-electron chi connectivity index (χ0n) is 12.8. The summed E-state index contributed by atoms with van der Waals surface area (Å²) in [4.78, 5) is 36.5. The molecule has 22 heavy (non-hydrogen) atoms. The first-order chi connectivity index (χ1) is 10.7. The van der Waals surface area contributed by atoms with E-state index >= 15 is 0 Å². The van der Waals surface area contributed by atoms with E-state index in [1.54, 1.807) is 12.1 Å². The van der Waals surface area contributed by atoms with Gasteiger partial charge in [-0.25, -0.2) is 4.79 Å². The molecule has 5 heteroatoms. The van der Waals surface area contributed by atoms with Crippen molar-refractivity contribution in [2.75, 3.05) is 13.2 Å². The van der Waals surface area contributed by atoms with E-state index in [2.05, 4.69) is 6.92 Å². The summed E-state index contributed by atoms with van der Waals surface area (Å²) in [5.41, 5.74) is 0.829. The van der Waals surface area contributed by atoms with Crippen LogP contribution >= 0.6 is 0 Å². The number of hydrogen-bond donors (Lipinski definition) is 0. The Bertz CT molecular complexity index is 538. The average Bonchev–Trinajstić information content (AvgIpc) is 2.59. The van der Waals surface area contributed by atoms with Crippen LogP contribution in [0.1, 0.15) is 53.3 Å². The van der Waals surface area contributed by atoms with Crippen LogP contribution in [0.25, 0.3) is 0 Å². The molecule has 0 aliphatic carbocycles. The fraction of sp³-hybridized carbons (Fsp3) is 0.471. The number of aldehydes is 1. The highest BCUT2D eigenvalue weighted by Gasteiger charge is 2.25. The van der Waals surface area contributed by atoms with E-state index in [1.807, 2.05) is 4.90 Å². The number of amides is 1. The lowest BCUT2D eigenvalue weighted by atomic mass is 10.00. The van der Waals surface area contributed by atoms with Gasteiger partial charge in [0.2, 0.25) is 0 Å². The van der Waals surface area contributed by atoms with E-state index in [9.17, 15) is 14.4 Å². The van der Waals surface area contributed by atoms with Gasteiger partial charge in [-0.3, -0.25) is 9.59 Å². The minimum Gasteiger partial charge on any atom is -0.452 e. The molecule has 1 heterocycles. The molecule has 0 N–H and O–H groups in total. The highest BCUT2D eigenvalue weighted by Crippen LogP contribution is 2.19. The summed E-state index contributed by atoms with van der Waals surface area (Å²) in [6, 6.07) is 6.39. The van der Waals surface area contributed by atoms with Gasteiger partial charge in [0.15, 0.2) is 6.61 Å². The second-order valence-corrected chi connectivity index (χ2v) is 5.46. The lowest BCUT2D eigenvalue weighted by Crippen LogP contribution is -2.45. The number of hydrogen-bond acceptors (Lipinski definition) is 4. The Morgan fingerprint density at radius 2 is 2.00 bits per heavy atom. The third-order valence-corrected chi connectivity index (χ3v) is 4.03. The molecule has 0 saturated carbocycles. The molecule has 0 bridgehead atoms. The van der Waals surface area contributed by atoms with Crippen molar-refractivity contribution in [1.82, 2.24) is 4.90 Å². The van der Waals surface area contributed by atoms with E-state index in [1.165, 1.54) is 12.1 Å². The largest absolute Gasteiger partial charge is 0.452 e. The second kappa shape index (κ2) is 7.73. The Kier molecular flexibility index (Phi) is 5.69. The number of rotatable bonds is 5. The quantitative estimate of drug-likeness (QED) is 0.619. The molecule has 1 aliphatic rings. The van der Waals surface area contributed by atoms with Crippen LogP contribution in [0.5, 0.6) is 0 Å². The molecule has 1 aromatic carbocycles. The Morgan fingerprint density at radius 3 is 2.64 bits per heavy atom. The van der Waals surface area contributed by atoms with Crippen LogP contribution in [0, 0.1) is 0 Å². The topological polar surface area (TPSA) is 63.7 Å². The summed E-state index contributed by atoms with van der Waals surface area (Å²) in [6.07, 6.45) is 4.80. The zero-order valence-corrected chi connectivity index (χ0v) is 12.8. The molecule has 1 aromatic rings. The van der Waals surface area contributed by atoms with Crippen LogP contribution in [-0.4, -0.2) is 42.3 Å². The first-order valence-electron chi connectivity index (χ1n) is 7.67. The number of likely N-dealkylation sites (tertiary alicyclic amines) is 1. The van der Waals surface area contributed by atoms with Crippen molar-refractivity contribution in [2.45, 2.75) is 38.6 Å². The fourth-order valence-corrected chi connectivity index (χ4v) is 2.74. The predicted molar refractivity (Wildman–Crippen MR) is 81.8 cm³/mol. The maximum Gasteiger partial charge on any atom is 0.338 e. The zero-order chi connectivity index (χ0) is 15.9. The van der Waals surface area contributed by atoms with Crippen LogP contribution in [0.2, 0.25) is 0 Å². The highest BCUT2D eigenvalue weighted by molar-refractivity contribution is 5.92. The van der Waals surface area contributed by atoms with E-state index in [0.29, 0.717) is 17.4 Å². The van der Waals surface area contributed by atoms with Crippen molar-refractivity contribution in [3.63, 3.8) is 0 Å². The van der Waals surface area contributed by atoms with E-state index < -0.39 is 5.97 Å². The molecular weight excluding hydrogens is 282 g/mol. The third kappa shape index (κ3) is 3.93. The molecule has 0 spiro atoms. The molecule has 1 amide bonds. The summed E-state index contributed by atoms with van der Waals surface area (Å²) in [7, 11) is 0. The number of nitrogens with zero attached hydrogens (tertiary/aromatic N) is 1. The van der Waals surface area contributed by atoms with Crippen molar-refractivity contribution >= 4 is 18.2 Å². The third-order valence-electron chi connectivity index (χ3n) is 4.03. The molecule has 118 valence electrons. The Morgan fingerprint density at radius 1 is 1.27 bits per heavy atom. The first kappa shape index (κ1) is 16.2. The minimum absolute atomic E-state index is 0.135. The molecular formula is C17H21NO4. The van der Waals surface area contributed by atoms with Crippen molar-refractivity contribution in [3.8, 4) is 0 Å². The Balaban J connectivity index is 1.89.